The molecule has 0 unspecified atom stereocenters. The Morgan fingerprint density at radius 2 is 1.77 bits per heavy atom. The topological polar surface area (TPSA) is 92.3 Å². The molecule has 2 aromatic carbocycles. The van der Waals surface area contributed by atoms with Crippen LogP contribution < -0.4 is 10.6 Å². The summed E-state index contributed by atoms with van der Waals surface area (Å²) in [6.45, 7) is 1.38. The van der Waals surface area contributed by atoms with E-state index >= 15 is 0 Å². The van der Waals surface area contributed by atoms with Gasteiger partial charge >= 0.3 is 0 Å². The van der Waals surface area contributed by atoms with Gasteiger partial charge in [0.1, 0.15) is 0 Å². The Morgan fingerprint density at radius 3 is 2.35 bits per heavy atom. The fraction of sp³-hybridized carbons (Fsp3) is 0.222. The van der Waals surface area contributed by atoms with Crippen LogP contribution in [-0.4, -0.2) is 26.5 Å². The molecule has 26 heavy (non-hydrogen) atoms. The number of carbonyl (C=O) groups excluding carboxylic acids is 2. The summed E-state index contributed by atoms with van der Waals surface area (Å²) >= 11 is 6.05. The minimum absolute atomic E-state index is 0.0248. The summed E-state index contributed by atoms with van der Waals surface area (Å²) in [6, 6.07) is 12.7. The van der Waals surface area contributed by atoms with Crippen LogP contribution in [0.4, 0.5) is 5.69 Å². The van der Waals surface area contributed by atoms with E-state index < -0.39 is 21.8 Å². The predicted octanol–water partition coefficient (Wildman–Crippen LogP) is 2.95. The van der Waals surface area contributed by atoms with Crippen LogP contribution in [0.15, 0.2) is 53.4 Å². The Balaban J connectivity index is 2.19. The zero-order valence-corrected chi connectivity index (χ0v) is 15.9. The van der Waals surface area contributed by atoms with Gasteiger partial charge in [0, 0.05) is 13.2 Å². The molecule has 0 bridgehead atoms. The first kappa shape index (κ1) is 19.9. The number of anilines is 1. The maximum absolute atomic E-state index is 12.4. The first-order chi connectivity index (χ1) is 12.2. The zero-order chi connectivity index (χ0) is 19.3. The van der Waals surface area contributed by atoms with Crippen molar-refractivity contribution in [2.24, 2.45) is 0 Å². The molecule has 0 aliphatic carbocycles. The van der Waals surface area contributed by atoms with Crippen molar-refractivity contribution < 1.29 is 18.0 Å². The zero-order valence-electron chi connectivity index (χ0n) is 14.3. The number of benzene rings is 2. The fourth-order valence-corrected chi connectivity index (χ4v) is 3.21. The molecule has 0 aliphatic rings. The Bertz CT molecular complexity index is 914. The molecule has 0 saturated heterocycles. The van der Waals surface area contributed by atoms with E-state index in [9.17, 15) is 18.0 Å². The van der Waals surface area contributed by atoms with Gasteiger partial charge in [-0.1, -0.05) is 41.9 Å². The number of nitrogens with one attached hydrogen (secondary N) is 2. The SMILES string of the molecule is CC(=O)N[C@H](CC(=O)Nc1cc(S(C)(=O)=O)ccc1Cl)c1ccccc1. The van der Waals surface area contributed by atoms with Gasteiger partial charge in [-0.25, -0.2) is 8.42 Å². The largest absolute Gasteiger partial charge is 0.349 e. The highest BCUT2D eigenvalue weighted by atomic mass is 35.5. The molecule has 2 N–H and O–H groups in total. The monoisotopic (exact) mass is 394 g/mol. The van der Waals surface area contributed by atoms with Crippen LogP contribution in [0.2, 0.25) is 5.02 Å². The minimum atomic E-state index is -3.43. The highest BCUT2D eigenvalue weighted by molar-refractivity contribution is 7.90. The lowest BCUT2D eigenvalue weighted by Gasteiger charge is -2.18. The molecule has 8 heteroatoms. The average molecular weight is 395 g/mol. The molecule has 138 valence electrons. The molecule has 0 radical (unpaired) electrons. The summed E-state index contributed by atoms with van der Waals surface area (Å²) in [5.74, 6) is -0.663. The van der Waals surface area contributed by atoms with Gasteiger partial charge < -0.3 is 10.6 Å². The van der Waals surface area contributed by atoms with Crippen LogP contribution in [0.3, 0.4) is 0 Å². The highest BCUT2D eigenvalue weighted by Gasteiger charge is 2.18. The second kappa shape index (κ2) is 8.33. The van der Waals surface area contributed by atoms with Gasteiger partial charge in [-0.2, -0.15) is 0 Å². The molecule has 2 rings (SSSR count). The van der Waals surface area contributed by atoms with Gasteiger partial charge in [0.15, 0.2) is 9.84 Å². The second-order valence-electron chi connectivity index (χ2n) is 5.83. The quantitative estimate of drug-likeness (QED) is 0.787. The van der Waals surface area contributed by atoms with Crippen molar-refractivity contribution in [1.82, 2.24) is 5.32 Å². The molecule has 0 saturated carbocycles. The van der Waals surface area contributed by atoms with Crippen LogP contribution in [0.1, 0.15) is 24.9 Å². The van der Waals surface area contributed by atoms with Crippen molar-refractivity contribution in [1.29, 1.82) is 0 Å². The minimum Gasteiger partial charge on any atom is -0.349 e. The number of hydrogen-bond acceptors (Lipinski definition) is 4. The van der Waals surface area contributed by atoms with Gasteiger partial charge in [0.05, 0.1) is 28.1 Å². The van der Waals surface area contributed by atoms with Gasteiger partial charge in [0.25, 0.3) is 0 Å². The number of carbonyl (C=O) groups is 2. The summed E-state index contributed by atoms with van der Waals surface area (Å²) in [5.41, 5.74) is 0.989. The third kappa shape index (κ3) is 5.57. The van der Waals surface area contributed by atoms with E-state index in [1.807, 2.05) is 30.3 Å². The predicted molar refractivity (Wildman–Crippen MR) is 101 cm³/mol. The molecule has 1 atom stereocenters. The lowest BCUT2D eigenvalue weighted by Crippen LogP contribution is -2.29. The number of hydrogen-bond donors (Lipinski definition) is 2. The molecular weight excluding hydrogens is 376 g/mol. The molecule has 2 aromatic rings. The highest BCUT2D eigenvalue weighted by Crippen LogP contribution is 2.26. The molecular formula is C18H19ClN2O4S. The molecule has 6 nitrogen and oxygen atoms in total. The number of halogens is 1. The molecule has 0 aromatic heterocycles. The molecule has 2 amide bonds. The Hall–Kier alpha value is -2.38. The van der Waals surface area contributed by atoms with Crippen molar-refractivity contribution in [3.8, 4) is 0 Å². The van der Waals surface area contributed by atoms with Crippen LogP contribution in [0, 0.1) is 0 Å². The van der Waals surface area contributed by atoms with E-state index in [2.05, 4.69) is 10.6 Å². The first-order valence-corrected chi connectivity index (χ1v) is 10.1. The van der Waals surface area contributed by atoms with Crippen LogP contribution in [0.5, 0.6) is 0 Å². The lowest BCUT2D eigenvalue weighted by molar-refractivity contribution is -0.120. The first-order valence-electron chi connectivity index (χ1n) is 7.78. The van der Waals surface area contributed by atoms with Crippen LogP contribution >= 0.6 is 11.6 Å². The number of amides is 2. The molecule has 0 fully saturated rings. The Morgan fingerprint density at radius 1 is 1.12 bits per heavy atom. The van der Waals surface area contributed by atoms with Gasteiger partial charge in [-0.3, -0.25) is 9.59 Å². The van der Waals surface area contributed by atoms with Crippen LogP contribution in [0.25, 0.3) is 0 Å². The van der Waals surface area contributed by atoms with E-state index in [-0.39, 0.29) is 27.9 Å². The smallest absolute Gasteiger partial charge is 0.226 e. The molecule has 0 heterocycles. The normalized spacial score (nSPS) is 12.3. The van der Waals surface area contributed by atoms with Crippen molar-refractivity contribution in [3.63, 3.8) is 0 Å². The van der Waals surface area contributed by atoms with Gasteiger partial charge in [-0.05, 0) is 23.8 Å². The van der Waals surface area contributed by atoms with Gasteiger partial charge in [-0.15, -0.1) is 0 Å². The summed E-state index contributed by atoms with van der Waals surface area (Å²) in [7, 11) is -3.43. The summed E-state index contributed by atoms with van der Waals surface area (Å²) < 4.78 is 23.3. The van der Waals surface area contributed by atoms with E-state index in [0.29, 0.717) is 0 Å². The lowest BCUT2D eigenvalue weighted by atomic mass is 10.0. The summed E-state index contributed by atoms with van der Waals surface area (Å²) in [4.78, 5) is 23.9. The van der Waals surface area contributed by atoms with Crippen molar-refractivity contribution in [3.05, 3.63) is 59.1 Å². The number of rotatable bonds is 6. The van der Waals surface area contributed by atoms with Crippen molar-refractivity contribution in [2.75, 3.05) is 11.6 Å². The average Bonchev–Trinajstić information content (AvgIpc) is 2.55. The molecule has 0 aliphatic heterocycles. The second-order valence-corrected chi connectivity index (χ2v) is 8.25. The van der Waals surface area contributed by atoms with Crippen molar-refractivity contribution >= 4 is 38.9 Å². The Kier molecular flexibility index (Phi) is 6.39. The van der Waals surface area contributed by atoms with E-state index in [0.717, 1.165) is 11.8 Å². The third-order valence-electron chi connectivity index (χ3n) is 3.61. The fourth-order valence-electron chi connectivity index (χ4n) is 2.40. The van der Waals surface area contributed by atoms with E-state index in [4.69, 9.17) is 11.6 Å². The van der Waals surface area contributed by atoms with Crippen LogP contribution in [-0.2, 0) is 19.4 Å². The maximum Gasteiger partial charge on any atom is 0.226 e. The number of sulfone groups is 1. The Labute approximate surface area is 157 Å². The standard InChI is InChI=1S/C18H19ClN2O4S/c1-12(22)20-16(13-6-4-3-5-7-13)11-18(23)21-17-10-14(26(2,24)25)8-9-15(17)19/h3-10,16H,11H2,1-2H3,(H,20,22)(H,21,23)/t16-/m1/s1. The van der Waals surface area contributed by atoms with E-state index in [1.54, 1.807) is 0 Å². The van der Waals surface area contributed by atoms with Gasteiger partial charge in [0.2, 0.25) is 11.8 Å². The van der Waals surface area contributed by atoms with E-state index in [1.165, 1.54) is 25.1 Å². The van der Waals surface area contributed by atoms with Crippen molar-refractivity contribution in [2.45, 2.75) is 24.3 Å². The summed E-state index contributed by atoms with van der Waals surface area (Å²) in [6.07, 6.45) is 1.05. The maximum atomic E-state index is 12.4. The third-order valence-corrected chi connectivity index (χ3v) is 5.05. The molecule has 0 spiro atoms. The summed E-state index contributed by atoms with van der Waals surface area (Å²) in [5, 5.41) is 5.57.